The largest absolute Gasteiger partial charge is 0.394 e. The second-order valence-electron chi connectivity index (χ2n) is 5.98. The highest BCUT2D eigenvalue weighted by atomic mass is 16.3. The van der Waals surface area contributed by atoms with Gasteiger partial charge in [-0.3, -0.25) is 4.79 Å². The van der Waals surface area contributed by atoms with Gasteiger partial charge in [-0.2, -0.15) is 0 Å². The third-order valence-corrected chi connectivity index (χ3v) is 5.06. The summed E-state index contributed by atoms with van der Waals surface area (Å²) in [6.45, 7) is 11.2. The Morgan fingerprint density at radius 3 is 2.05 bits per heavy atom. The first-order chi connectivity index (χ1) is 9.40. The molecule has 0 aromatic heterocycles. The Labute approximate surface area is 121 Å². The predicted molar refractivity (Wildman–Crippen MR) is 81.3 cm³/mol. The number of carbonyl (C=O) groups excluding carboxylic acids is 1. The number of likely N-dealkylation sites (tertiary alicyclic amines) is 1. The molecule has 3 heteroatoms. The number of aliphatic hydroxyl groups excluding tert-OH is 1. The van der Waals surface area contributed by atoms with E-state index in [0.717, 1.165) is 36.1 Å². The van der Waals surface area contributed by atoms with Crippen molar-refractivity contribution in [3.05, 3.63) is 33.4 Å². The lowest BCUT2D eigenvalue weighted by atomic mass is 9.89. The zero-order chi connectivity index (χ0) is 15.0. The fourth-order valence-corrected chi connectivity index (χ4v) is 3.26. The number of carbonyl (C=O) groups is 1. The molecule has 1 N–H and O–H groups in total. The van der Waals surface area contributed by atoms with E-state index in [2.05, 4.69) is 20.8 Å². The van der Waals surface area contributed by atoms with Crippen LogP contribution in [0.4, 0.5) is 0 Å². The summed E-state index contributed by atoms with van der Waals surface area (Å²) in [5.41, 5.74) is 6.69. The van der Waals surface area contributed by atoms with Gasteiger partial charge >= 0.3 is 0 Å². The lowest BCUT2D eigenvalue weighted by molar-refractivity contribution is 0.0676. The van der Waals surface area contributed by atoms with Crippen molar-refractivity contribution in [2.24, 2.45) is 0 Å². The van der Waals surface area contributed by atoms with Gasteiger partial charge in [0.15, 0.2) is 0 Å². The molecular formula is C17H25NO2. The van der Waals surface area contributed by atoms with E-state index in [1.165, 1.54) is 16.7 Å². The van der Waals surface area contributed by atoms with Gasteiger partial charge in [0.1, 0.15) is 0 Å². The summed E-state index contributed by atoms with van der Waals surface area (Å²) < 4.78 is 0. The van der Waals surface area contributed by atoms with Gasteiger partial charge < -0.3 is 10.0 Å². The molecule has 1 aliphatic heterocycles. The Balaban J connectivity index is 2.50. The summed E-state index contributed by atoms with van der Waals surface area (Å²) in [6, 6.07) is -0.0109. The molecule has 20 heavy (non-hydrogen) atoms. The van der Waals surface area contributed by atoms with Crippen LogP contribution in [-0.2, 0) is 0 Å². The molecule has 0 radical (unpaired) electrons. The average Bonchev–Trinajstić information content (AvgIpc) is 2.91. The molecule has 0 aliphatic carbocycles. The summed E-state index contributed by atoms with van der Waals surface area (Å²) in [5, 5.41) is 9.43. The van der Waals surface area contributed by atoms with Crippen molar-refractivity contribution >= 4 is 5.91 Å². The van der Waals surface area contributed by atoms with Crippen molar-refractivity contribution < 1.29 is 9.90 Å². The summed E-state index contributed by atoms with van der Waals surface area (Å²) in [5.74, 6) is 0.0859. The third kappa shape index (κ3) is 2.24. The Morgan fingerprint density at radius 1 is 1.05 bits per heavy atom. The highest BCUT2D eigenvalue weighted by molar-refractivity contribution is 5.98. The van der Waals surface area contributed by atoms with Crippen LogP contribution in [0.15, 0.2) is 0 Å². The quantitative estimate of drug-likeness (QED) is 0.901. The van der Waals surface area contributed by atoms with E-state index in [1.807, 2.05) is 18.7 Å². The van der Waals surface area contributed by atoms with Crippen LogP contribution < -0.4 is 0 Å². The molecule has 1 heterocycles. The molecule has 2 rings (SSSR count). The van der Waals surface area contributed by atoms with Gasteiger partial charge in [-0.25, -0.2) is 0 Å². The van der Waals surface area contributed by atoms with E-state index < -0.39 is 0 Å². The fraction of sp³-hybridized carbons (Fsp3) is 0.588. The molecule has 1 aromatic rings. The Morgan fingerprint density at radius 2 is 1.55 bits per heavy atom. The van der Waals surface area contributed by atoms with Crippen LogP contribution in [0.3, 0.4) is 0 Å². The van der Waals surface area contributed by atoms with Crippen LogP contribution in [0, 0.1) is 34.6 Å². The van der Waals surface area contributed by atoms with Gasteiger partial charge in [-0.05, 0) is 75.3 Å². The third-order valence-electron chi connectivity index (χ3n) is 5.06. The molecule has 0 saturated carbocycles. The molecule has 1 amide bonds. The van der Waals surface area contributed by atoms with Gasteiger partial charge in [-0.1, -0.05) is 0 Å². The molecular weight excluding hydrogens is 250 g/mol. The highest BCUT2D eigenvalue weighted by Crippen LogP contribution is 2.29. The molecule has 0 unspecified atom stereocenters. The number of amides is 1. The van der Waals surface area contributed by atoms with Crippen molar-refractivity contribution in [3.63, 3.8) is 0 Å². The van der Waals surface area contributed by atoms with E-state index in [-0.39, 0.29) is 18.6 Å². The minimum absolute atomic E-state index is 0.0109. The van der Waals surface area contributed by atoms with E-state index in [4.69, 9.17) is 0 Å². The topological polar surface area (TPSA) is 40.5 Å². The maximum atomic E-state index is 12.9. The lowest BCUT2D eigenvalue weighted by Gasteiger charge is -2.26. The van der Waals surface area contributed by atoms with Gasteiger partial charge in [0.2, 0.25) is 0 Å². The van der Waals surface area contributed by atoms with Crippen molar-refractivity contribution in [2.45, 2.75) is 53.5 Å². The van der Waals surface area contributed by atoms with E-state index in [0.29, 0.717) is 0 Å². The van der Waals surface area contributed by atoms with E-state index in [9.17, 15) is 9.90 Å². The minimum atomic E-state index is -0.0109. The predicted octanol–water partition coefficient (Wildman–Crippen LogP) is 2.83. The summed E-state index contributed by atoms with van der Waals surface area (Å²) in [4.78, 5) is 14.7. The molecule has 1 atom stereocenters. The first-order valence-electron chi connectivity index (χ1n) is 7.38. The first kappa shape index (κ1) is 15.0. The van der Waals surface area contributed by atoms with Crippen molar-refractivity contribution in [3.8, 4) is 0 Å². The minimum Gasteiger partial charge on any atom is -0.394 e. The molecule has 1 saturated heterocycles. The SMILES string of the molecule is Cc1c(C)c(C)c(C(=O)N2CCC[C@H]2CO)c(C)c1C. The zero-order valence-corrected chi connectivity index (χ0v) is 13.2. The van der Waals surface area contributed by atoms with Crippen LogP contribution in [0.1, 0.15) is 51.0 Å². The van der Waals surface area contributed by atoms with Gasteiger partial charge in [0.05, 0.1) is 12.6 Å². The number of rotatable bonds is 2. The second kappa shape index (κ2) is 5.57. The zero-order valence-electron chi connectivity index (χ0n) is 13.2. The fourth-order valence-electron chi connectivity index (χ4n) is 3.26. The molecule has 3 nitrogen and oxygen atoms in total. The molecule has 110 valence electrons. The standard InChI is InChI=1S/C17H25NO2/c1-10-11(2)13(4)16(14(5)12(10)3)17(20)18-8-6-7-15(18)9-19/h15,19H,6-9H2,1-5H3/t15-/m0/s1. The number of aliphatic hydroxyl groups is 1. The normalized spacial score (nSPS) is 18.7. The van der Waals surface area contributed by atoms with Crippen LogP contribution in [0.2, 0.25) is 0 Å². The maximum Gasteiger partial charge on any atom is 0.254 e. The Bertz CT molecular complexity index is 519. The van der Waals surface area contributed by atoms with Crippen LogP contribution in [-0.4, -0.2) is 35.1 Å². The summed E-state index contributed by atoms with van der Waals surface area (Å²) in [7, 11) is 0. The van der Waals surface area contributed by atoms with Crippen molar-refractivity contribution in [2.75, 3.05) is 13.2 Å². The maximum absolute atomic E-state index is 12.9. The monoisotopic (exact) mass is 275 g/mol. The Hall–Kier alpha value is -1.35. The molecule has 0 spiro atoms. The molecule has 1 aliphatic rings. The van der Waals surface area contributed by atoms with Gasteiger partial charge in [0.25, 0.3) is 5.91 Å². The van der Waals surface area contributed by atoms with Crippen LogP contribution in [0.25, 0.3) is 0 Å². The van der Waals surface area contributed by atoms with E-state index >= 15 is 0 Å². The molecule has 1 aromatic carbocycles. The highest BCUT2D eigenvalue weighted by Gasteiger charge is 2.31. The van der Waals surface area contributed by atoms with Gasteiger partial charge in [-0.15, -0.1) is 0 Å². The number of benzene rings is 1. The number of hydrogen-bond acceptors (Lipinski definition) is 2. The lowest BCUT2D eigenvalue weighted by Crippen LogP contribution is -2.38. The van der Waals surface area contributed by atoms with Crippen molar-refractivity contribution in [1.29, 1.82) is 0 Å². The van der Waals surface area contributed by atoms with Crippen molar-refractivity contribution in [1.82, 2.24) is 4.90 Å². The average molecular weight is 275 g/mol. The summed E-state index contributed by atoms with van der Waals surface area (Å²) >= 11 is 0. The molecule has 1 fully saturated rings. The first-order valence-corrected chi connectivity index (χ1v) is 7.38. The summed E-state index contributed by atoms with van der Waals surface area (Å²) in [6.07, 6.45) is 1.89. The number of hydrogen-bond donors (Lipinski definition) is 1. The van der Waals surface area contributed by atoms with Crippen LogP contribution in [0.5, 0.6) is 0 Å². The van der Waals surface area contributed by atoms with E-state index in [1.54, 1.807) is 0 Å². The Kier molecular flexibility index (Phi) is 4.19. The second-order valence-corrected chi connectivity index (χ2v) is 5.98. The molecule has 0 bridgehead atoms. The van der Waals surface area contributed by atoms with Gasteiger partial charge in [0, 0.05) is 12.1 Å². The number of nitrogens with zero attached hydrogens (tertiary/aromatic N) is 1. The van der Waals surface area contributed by atoms with Crippen LogP contribution >= 0.6 is 0 Å². The smallest absolute Gasteiger partial charge is 0.254 e.